The number of carboxylic acid groups (broad SMARTS) is 1. The van der Waals surface area contributed by atoms with Gasteiger partial charge in [-0.25, -0.2) is 0 Å². The van der Waals surface area contributed by atoms with E-state index >= 15 is 0 Å². The number of hydrogen-bond donors (Lipinski definition) is 1. The number of carboxylic acids is 1. The summed E-state index contributed by atoms with van der Waals surface area (Å²) in [6.45, 7) is 6.91. The monoisotopic (exact) mass is 355 g/mol. The van der Waals surface area contributed by atoms with E-state index in [0.717, 1.165) is 23.4 Å². The Balaban J connectivity index is 1.72. The number of benzene rings is 1. The van der Waals surface area contributed by atoms with Gasteiger partial charge in [0, 0.05) is 23.8 Å². The molecule has 2 atom stereocenters. The minimum atomic E-state index is -0.824. The van der Waals surface area contributed by atoms with Gasteiger partial charge in [-0.3, -0.25) is 14.3 Å². The Morgan fingerprint density at radius 3 is 2.46 bits per heavy atom. The second-order valence-corrected chi connectivity index (χ2v) is 7.20. The van der Waals surface area contributed by atoms with Gasteiger partial charge in [0.2, 0.25) is 0 Å². The van der Waals surface area contributed by atoms with Crippen molar-refractivity contribution in [2.75, 3.05) is 6.54 Å². The van der Waals surface area contributed by atoms with Gasteiger partial charge >= 0.3 is 5.97 Å². The molecule has 0 aliphatic carbocycles. The van der Waals surface area contributed by atoms with Gasteiger partial charge < -0.3 is 10.0 Å². The number of hydrogen-bond acceptors (Lipinski definition) is 3. The minimum absolute atomic E-state index is 0.0625. The van der Waals surface area contributed by atoms with Crippen molar-refractivity contribution in [2.24, 2.45) is 5.92 Å². The van der Waals surface area contributed by atoms with Crippen LogP contribution in [-0.2, 0) is 11.3 Å². The molecule has 0 saturated carbocycles. The summed E-state index contributed by atoms with van der Waals surface area (Å²) in [6.07, 6.45) is 1.35. The lowest BCUT2D eigenvalue weighted by molar-refractivity contribution is -0.143. The molecule has 1 fully saturated rings. The Bertz CT molecular complexity index is 810. The summed E-state index contributed by atoms with van der Waals surface area (Å²) in [5.74, 6) is -1.39. The molecule has 1 amide bonds. The number of aromatic nitrogens is 2. The summed E-state index contributed by atoms with van der Waals surface area (Å²) in [6, 6.07) is 9.61. The third kappa shape index (κ3) is 3.79. The average Bonchev–Trinajstić information content (AvgIpc) is 2.92. The highest BCUT2D eigenvalue weighted by atomic mass is 16.4. The molecule has 1 aromatic carbocycles. The van der Waals surface area contributed by atoms with Crippen molar-refractivity contribution in [2.45, 2.75) is 46.2 Å². The predicted molar refractivity (Wildman–Crippen MR) is 98.1 cm³/mol. The van der Waals surface area contributed by atoms with E-state index in [2.05, 4.69) is 5.10 Å². The number of nitrogens with zero attached hydrogens (tertiary/aromatic N) is 3. The number of piperidine rings is 1. The van der Waals surface area contributed by atoms with E-state index in [-0.39, 0.29) is 18.5 Å². The van der Waals surface area contributed by atoms with Gasteiger partial charge in [0.15, 0.2) is 0 Å². The predicted octanol–water partition coefficient (Wildman–Crippen LogP) is 2.87. The molecule has 1 aromatic heterocycles. The van der Waals surface area contributed by atoms with Crippen LogP contribution < -0.4 is 0 Å². The summed E-state index contributed by atoms with van der Waals surface area (Å²) in [4.78, 5) is 25.8. The van der Waals surface area contributed by atoms with Crippen LogP contribution in [0, 0.1) is 19.8 Å². The number of aryl methyl sites for hydroxylation is 2. The molecule has 1 N–H and O–H groups in total. The van der Waals surface area contributed by atoms with Gasteiger partial charge in [0.25, 0.3) is 5.91 Å². The third-order valence-corrected chi connectivity index (χ3v) is 5.13. The minimum Gasteiger partial charge on any atom is -0.481 e. The smallest absolute Gasteiger partial charge is 0.308 e. The van der Waals surface area contributed by atoms with E-state index < -0.39 is 11.9 Å². The Labute approximate surface area is 153 Å². The number of likely N-dealkylation sites (tertiary alicyclic amines) is 1. The topological polar surface area (TPSA) is 75.4 Å². The lowest BCUT2D eigenvalue weighted by Gasteiger charge is -2.36. The molecule has 3 rings (SSSR count). The molecule has 6 nitrogen and oxygen atoms in total. The molecule has 0 spiro atoms. The van der Waals surface area contributed by atoms with Crippen LogP contribution in [0.15, 0.2) is 30.3 Å². The molecular weight excluding hydrogens is 330 g/mol. The summed E-state index contributed by atoms with van der Waals surface area (Å²) >= 11 is 0. The van der Waals surface area contributed by atoms with Crippen LogP contribution in [0.2, 0.25) is 0 Å². The van der Waals surface area contributed by atoms with E-state index in [9.17, 15) is 14.7 Å². The van der Waals surface area contributed by atoms with Crippen molar-refractivity contribution in [1.29, 1.82) is 0 Å². The third-order valence-electron chi connectivity index (χ3n) is 5.13. The quantitative estimate of drug-likeness (QED) is 0.915. The van der Waals surface area contributed by atoms with Crippen LogP contribution in [0.1, 0.15) is 47.1 Å². The molecule has 2 aromatic rings. The molecule has 2 unspecified atom stereocenters. The Hall–Kier alpha value is -2.63. The molecule has 6 heteroatoms. The Kier molecular flexibility index (Phi) is 5.11. The van der Waals surface area contributed by atoms with Crippen molar-refractivity contribution in [1.82, 2.24) is 14.7 Å². The average molecular weight is 355 g/mol. The van der Waals surface area contributed by atoms with Crippen LogP contribution in [-0.4, -0.2) is 44.3 Å². The van der Waals surface area contributed by atoms with Crippen LogP contribution in [0.25, 0.3) is 0 Å². The number of carbonyl (C=O) groups excluding carboxylic acids is 1. The fraction of sp³-hybridized carbons (Fsp3) is 0.450. The van der Waals surface area contributed by atoms with Crippen molar-refractivity contribution >= 4 is 11.9 Å². The maximum atomic E-state index is 12.8. The number of carbonyl (C=O) groups is 2. The number of aliphatic carboxylic acids is 1. The van der Waals surface area contributed by atoms with Gasteiger partial charge in [-0.2, -0.15) is 5.10 Å². The molecule has 138 valence electrons. The summed E-state index contributed by atoms with van der Waals surface area (Å²) in [5, 5.41) is 13.7. The highest BCUT2D eigenvalue weighted by molar-refractivity contribution is 5.94. The second kappa shape index (κ2) is 7.32. The summed E-state index contributed by atoms with van der Waals surface area (Å²) in [5.41, 5.74) is 3.76. The van der Waals surface area contributed by atoms with Crippen molar-refractivity contribution in [3.05, 3.63) is 52.8 Å². The fourth-order valence-corrected chi connectivity index (χ4v) is 3.52. The highest BCUT2D eigenvalue weighted by Crippen LogP contribution is 2.24. The molecule has 1 saturated heterocycles. The van der Waals surface area contributed by atoms with Crippen molar-refractivity contribution in [3.63, 3.8) is 0 Å². The maximum absolute atomic E-state index is 12.8. The Morgan fingerprint density at radius 1 is 1.19 bits per heavy atom. The highest BCUT2D eigenvalue weighted by Gasteiger charge is 2.32. The lowest BCUT2D eigenvalue weighted by atomic mass is 9.93. The van der Waals surface area contributed by atoms with Gasteiger partial charge in [0.1, 0.15) is 0 Å². The van der Waals surface area contributed by atoms with Crippen LogP contribution in [0.5, 0.6) is 0 Å². The normalized spacial score (nSPS) is 20.2. The van der Waals surface area contributed by atoms with E-state index in [1.54, 1.807) is 4.90 Å². The first-order chi connectivity index (χ1) is 12.3. The molecule has 0 bridgehead atoms. The zero-order chi connectivity index (χ0) is 18.8. The number of amides is 1. The fourth-order valence-electron chi connectivity index (χ4n) is 3.52. The van der Waals surface area contributed by atoms with Gasteiger partial charge in [-0.15, -0.1) is 0 Å². The van der Waals surface area contributed by atoms with Crippen LogP contribution in [0.4, 0.5) is 0 Å². The zero-order valence-electron chi connectivity index (χ0n) is 15.5. The molecule has 1 aliphatic heterocycles. The standard InChI is InChI=1S/C20H25N3O3/c1-13-10-15(3)23(21-13)11-16-5-8-17(9-6-16)19(24)22-12-18(20(25)26)7-4-14(22)2/h5-6,8-10,14,18H,4,7,11-12H2,1-3H3,(H,25,26). The molecule has 2 heterocycles. The van der Waals surface area contributed by atoms with E-state index in [1.807, 2.05) is 55.8 Å². The van der Waals surface area contributed by atoms with E-state index in [0.29, 0.717) is 18.5 Å². The first kappa shape index (κ1) is 18.2. The van der Waals surface area contributed by atoms with Crippen LogP contribution in [0.3, 0.4) is 0 Å². The maximum Gasteiger partial charge on any atom is 0.308 e. The molecule has 26 heavy (non-hydrogen) atoms. The number of rotatable bonds is 4. The summed E-state index contributed by atoms with van der Waals surface area (Å²) < 4.78 is 1.94. The first-order valence-corrected chi connectivity index (χ1v) is 8.99. The van der Waals surface area contributed by atoms with Crippen molar-refractivity contribution in [3.8, 4) is 0 Å². The Morgan fingerprint density at radius 2 is 1.88 bits per heavy atom. The van der Waals surface area contributed by atoms with Gasteiger partial charge in [-0.1, -0.05) is 12.1 Å². The zero-order valence-corrected chi connectivity index (χ0v) is 15.5. The first-order valence-electron chi connectivity index (χ1n) is 8.99. The van der Waals surface area contributed by atoms with Crippen LogP contribution >= 0.6 is 0 Å². The van der Waals surface area contributed by atoms with E-state index in [4.69, 9.17) is 0 Å². The second-order valence-electron chi connectivity index (χ2n) is 7.20. The lowest BCUT2D eigenvalue weighted by Crippen LogP contribution is -2.47. The largest absolute Gasteiger partial charge is 0.481 e. The molecule has 0 radical (unpaired) electrons. The van der Waals surface area contributed by atoms with Gasteiger partial charge in [0.05, 0.1) is 18.2 Å². The van der Waals surface area contributed by atoms with Gasteiger partial charge in [-0.05, 0) is 57.4 Å². The van der Waals surface area contributed by atoms with Crippen molar-refractivity contribution < 1.29 is 14.7 Å². The SMILES string of the molecule is Cc1cc(C)n(Cc2ccc(C(=O)N3CC(C(=O)O)CCC3C)cc2)n1. The molecule has 1 aliphatic rings. The van der Waals surface area contributed by atoms with E-state index in [1.165, 1.54) is 0 Å². The molecular formula is C20H25N3O3. The summed E-state index contributed by atoms with van der Waals surface area (Å²) in [7, 11) is 0.